The molecule has 4 nitrogen and oxygen atoms in total. The zero-order valence-corrected chi connectivity index (χ0v) is 28.0. The molecule has 218 valence electrons. The molecule has 0 aromatic carbocycles. The van der Waals surface area contributed by atoms with E-state index >= 15 is 0 Å². The summed E-state index contributed by atoms with van der Waals surface area (Å²) in [4.78, 5) is 9.38. The van der Waals surface area contributed by atoms with Gasteiger partial charge in [-0.15, -0.1) is 0 Å². The number of rotatable bonds is 14. The maximum atomic E-state index is 2.51. The normalized spacial score (nSPS) is 11.5. The number of hydrogen-bond donors (Lipinski definition) is 0. The Morgan fingerprint density at radius 1 is 0.457 bits per heavy atom. The van der Waals surface area contributed by atoms with Gasteiger partial charge in [0.25, 0.3) is 0 Å². The van der Waals surface area contributed by atoms with Gasteiger partial charge in [-0.2, -0.15) is 0 Å². The highest BCUT2D eigenvalue weighted by molar-refractivity contribution is 4.61. The van der Waals surface area contributed by atoms with Crippen LogP contribution < -0.4 is 0 Å². The second-order valence-electron chi connectivity index (χ2n) is 12.4. The molecule has 0 aromatic heterocycles. The van der Waals surface area contributed by atoms with E-state index in [1.807, 2.05) is 0 Å². The molecule has 0 aliphatic heterocycles. The molecular weight excluding hydrogens is 428 g/mol. The van der Waals surface area contributed by atoms with E-state index in [1.54, 1.807) is 0 Å². The van der Waals surface area contributed by atoms with Crippen LogP contribution in [0, 0.1) is 23.7 Å². The van der Waals surface area contributed by atoms with E-state index < -0.39 is 0 Å². The predicted octanol–water partition coefficient (Wildman–Crippen LogP) is 7.55. The molecule has 0 amide bonds. The first-order chi connectivity index (χ1) is 16.0. The van der Waals surface area contributed by atoms with E-state index in [4.69, 9.17) is 0 Å². The van der Waals surface area contributed by atoms with E-state index in [2.05, 4.69) is 138 Å². The lowest BCUT2D eigenvalue weighted by Gasteiger charge is -2.25. The summed E-state index contributed by atoms with van der Waals surface area (Å²) in [5.41, 5.74) is 0. The fourth-order valence-corrected chi connectivity index (χ4v) is 3.45. The lowest BCUT2D eigenvalue weighted by Crippen LogP contribution is -2.32. The molecule has 0 bridgehead atoms. The van der Waals surface area contributed by atoms with Crippen LogP contribution in [-0.2, 0) is 0 Å². The zero-order chi connectivity index (χ0) is 28.6. The van der Waals surface area contributed by atoms with E-state index in [0.29, 0.717) is 6.04 Å². The van der Waals surface area contributed by atoms with Crippen molar-refractivity contribution in [3.05, 3.63) is 0 Å². The van der Waals surface area contributed by atoms with Crippen molar-refractivity contribution in [2.75, 3.05) is 74.0 Å². The monoisotopic (exact) mass is 503 g/mol. The van der Waals surface area contributed by atoms with Crippen LogP contribution in [0.3, 0.4) is 0 Å². The molecule has 0 unspecified atom stereocenters. The Balaban J connectivity index is -0.000000186. The lowest BCUT2D eigenvalue weighted by atomic mass is 10.1. The van der Waals surface area contributed by atoms with Gasteiger partial charge in [-0.1, -0.05) is 76.2 Å². The molecule has 0 radical (unpaired) electrons. The highest BCUT2D eigenvalue weighted by Crippen LogP contribution is 2.04. The maximum absolute atomic E-state index is 2.51. The van der Waals surface area contributed by atoms with Crippen LogP contribution in [0.2, 0.25) is 0 Å². The van der Waals surface area contributed by atoms with E-state index in [9.17, 15) is 0 Å². The molecule has 0 atom stereocenters. The van der Waals surface area contributed by atoms with Crippen molar-refractivity contribution in [2.24, 2.45) is 23.7 Å². The summed E-state index contributed by atoms with van der Waals surface area (Å²) in [6, 6.07) is 0.707. The smallest absolute Gasteiger partial charge is 0.00384 e. The van der Waals surface area contributed by atoms with Gasteiger partial charge in [0, 0.05) is 12.6 Å². The second kappa shape index (κ2) is 28.4. The summed E-state index contributed by atoms with van der Waals surface area (Å²) >= 11 is 0. The molecule has 0 aromatic rings. The van der Waals surface area contributed by atoms with Gasteiger partial charge >= 0.3 is 0 Å². The van der Waals surface area contributed by atoms with Crippen molar-refractivity contribution < 1.29 is 0 Å². The quantitative estimate of drug-likeness (QED) is 0.243. The van der Waals surface area contributed by atoms with Crippen LogP contribution in [0.25, 0.3) is 0 Å². The molecule has 0 saturated heterocycles. The molecule has 0 aliphatic rings. The first kappa shape index (κ1) is 41.9. The molecular formula is C31H74N4. The van der Waals surface area contributed by atoms with Gasteiger partial charge in [0.05, 0.1) is 0 Å². The zero-order valence-electron chi connectivity index (χ0n) is 28.0. The summed E-state index contributed by atoms with van der Waals surface area (Å²) < 4.78 is 0. The highest BCUT2D eigenvalue weighted by Gasteiger charge is 2.06. The first-order valence-electron chi connectivity index (χ1n) is 14.8. The molecule has 0 saturated carbocycles. The minimum atomic E-state index is 0.707. The van der Waals surface area contributed by atoms with Crippen LogP contribution in [-0.4, -0.2) is 99.6 Å². The molecule has 0 rings (SSSR count). The van der Waals surface area contributed by atoms with Gasteiger partial charge in [-0.3, -0.25) is 0 Å². The van der Waals surface area contributed by atoms with Crippen LogP contribution in [0.15, 0.2) is 0 Å². The molecule has 0 spiro atoms. The molecule has 0 aliphatic carbocycles. The molecule has 35 heavy (non-hydrogen) atoms. The second-order valence-corrected chi connectivity index (χ2v) is 12.4. The Labute approximate surface area is 226 Å². The third-order valence-corrected chi connectivity index (χ3v) is 5.53. The van der Waals surface area contributed by atoms with Gasteiger partial charge < -0.3 is 19.6 Å². The fraction of sp³-hybridized carbons (Fsp3) is 1.00. The highest BCUT2D eigenvalue weighted by atomic mass is 15.1. The van der Waals surface area contributed by atoms with Gasteiger partial charge in [0.15, 0.2) is 0 Å². The third-order valence-electron chi connectivity index (χ3n) is 5.53. The average Bonchev–Trinajstić information content (AvgIpc) is 2.70. The lowest BCUT2D eigenvalue weighted by molar-refractivity contribution is 0.221. The molecule has 4 heteroatoms. The van der Waals surface area contributed by atoms with E-state index in [0.717, 1.165) is 23.7 Å². The average molecular weight is 503 g/mol. The largest absolute Gasteiger partial charge is 0.309 e. The van der Waals surface area contributed by atoms with Crippen LogP contribution in [0.5, 0.6) is 0 Å². The van der Waals surface area contributed by atoms with Gasteiger partial charge in [0.1, 0.15) is 0 Å². The molecule has 0 N–H and O–H groups in total. The van der Waals surface area contributed by atoms with E-state index in [1.165, 1.54) is 58.7 Å². The van der Waals surface area contributed by atoms with Crippen LogP contribution >= 0.6 is 0 Å². The molecule has 0 heterocycles. The molecule has 0 fully saturated rings. The Morgan fingerprint density at radius 2 is 0.857 bits per heavy atom. The van der Waals surface area contributed by atoms with Gasteiger partial charge in [-0.25, -0.2) is 0 Å². The van der Waals surface area contributed by atoms with Crippen molar-refractivity contribution in [1.82, 2.24) is 19.6 Å². The summed E-state index contributed by atoms with van der Waals surface area (Å²) in [6.07, 6.45) is 2.64. The SMILES string of the molecule is CC(C)CCN(C)C.CC(C)CN(C)C.CCN(CC)CC(C)C.CCN(CCC(C)C)C(C)C. The fourth-order valence-electron chi connectivity index (χ4n) is 3.45. The van der Waals surface area contributed by atoms with Gasteiger partial charge in [0.2, 0.25) is 0 Å². The van der Waals surface area contributed by atoms with E-state index in [-0.39, 0.29) is 0 Å². The topological polar surface area (TPSA) is 13.0 Å². The Bertz CT molecular complexity index is 358. The summed E-state index contributed by atoms with van der Waals surface area (Å²) in [7, 11) is 8.42. The van der Waals surface area contributed by atoms with Crippen molar-refractivity contribution in [2.45, 2.75) is 109 Å². The Hall–Kier alpha value is -0.160. The van der Waals surface area contributed by atoms with Crippen molar-refractivity contribution >= 4 is 0 Å². The Morgan fingerprint density at radius 3 is 1.00 bits per heavy atom. The van der Waals surface area contributed by atoms with Crippen LogP contribution in [0.1, 0.15) is 103 Å². The van der Waals surface area contributed by atoms with Crippen molar-refractivity contribution in [1.29, 1.82) is 0 Å². The summed E-state index contributed by atoms with van der Waals surface area (Å²) in [5.74, 6) is 3.29. The van der Waals surface area contributed by atoms with Crippen molar-refractivity contribution in [3.63, 3.8) is 0 Å². The van der Waals surface area contributed by atoms with Crippen LogP contribution in [0.4, 0.5) is 0 Å². The number of hydrogen-bond acceptors (Lipinski definition) is 4. The van der Waals surface area contributed by atoms with Crippen molar-refractivity contribution in [3.8, 4) is 0 Å². The predicted molar refractivity (Wildman–Crippen MR) is 166 cm³/mol. The minimum Gasteiger partial charge on any atom is -0.309 e. The maximum Gasteiger partial charge on any atom is 0.00384 e. The third kappa shape index (κ3) is 44.3. The minimum absolute atomic E-state index is 0.707. The summed E-state index contributed by atoms with van der Waals surface area (Å²) in [5, 5.41) is 0. The summed E-state index contributed by atoms with van der Waals surface area (Å²) in [6.45, 7) is 37.7. The number of nitrogens with zero attached hydrogens (tertiary/aromatic N) is 4. The Kier molecular flexibility index (Phi) is 34.1. The standard InChI is InChI=1S/C10H23N.C8H19N.C7H17N.C6H15N/c1-6-11(10(4)5)8-7-9(2)3;1-5-9(6-2)7-8(3)4;1-7(2)5-6-8(3)4;1-6(2)5-7(3)4/h9-10H,6-8H2,1-5H3;8H,5-7H2,1-4H3;7H,5-6H2,1-4H3;6H,5H2,1-4H3. The van der Waals surface area contributed by atoms with Gasteiger partial charge in [-0.05, 0) is 118 Å². The first-order valence-corrected chi connectivity index (χ1v) is 14.8.